The van der Waals surface area contributed by atoms with E-state index in [-0.39, 0.29) is 0 Å². The second-order valence-corrected chi connectivity index (χ2v) is 9.80. The summed E-state index contributed by atoms with van der Waals surface area (Å²) >= 11 is 0. The molecule has 0 heterocycles. The Balaban J connectivity index is 3.26. The maximum absolute atomic E-state index is 12.2. The molecule has 0 aromatic heterocycles. The molecule has 0 atom stereocenters. The predicted octanol–water partition coefficient (Wildman–Crippen LogP) is 3.36. The van der Waals surface area contributed by atoms with Crippen molar-refractivity contribution in [2.75, 3.05) is 0 Å². The van der Waals surface area contributed by atoms with Gasteiger partial charge in [0.2, 0.25) is 0 Å². The van der Waals surface area contributed by atoms with Gasteiger partial charge in [0.25, 0.3) is 0 Å². The van der Waals surface area contributed by atoms with E-state index in [2.05, 4.69) is 19.6 Å². The van der Waals surface area contributed by atoms with Gasteiger partial charge in [-0.2, -0.15) is 0 Å². The largest absolute Gasteiger partial charge is 0.300 e. The molecule has 0 aliphatic carbocycles. The van der Waals surface area contributed by atoms with Crippen LogP contribution in [0.15, 0.2) is 18.2 Å². The normalized spacial score (nSPS) is 11.5. The summed E-state index contributed by atoms with van der Waals surface area (Å²) in [5.74, 6) is 0. The van der Waals surface area contributed by atoms with E-state index in [0.29, 0.717) is 5.41 Å². The first-order valence-corrected chi connectivity index (χ1v) is 8.45. The Morgan fingerprint density at radius 3 is 1.86 bits per heavy atom. The van der Waals surface area contributed by atoms with Crippen LogP contribution in [0.1, 0.15) is 21.5 Å². The molecule has 0 spiro atoms. The first kappa shape index (κ1) is 11.2. The number of hydrogen-bond acceptors (Lipinski definition) is 1. The van der Waals surface area contributed by atoms with E-state index in [1.165, 1.54) is 0 Å². The van der Waals surface area contributed by atoms with Crippen LogP contribution in [-0.4, -0.2) is 13.5 Å². The molecule has 0 amide bonds. The second kappa shape index (κ2) is 3.69. The lowest BCUT2D eigenvalue weighted by Gasteiger charge is -2.17. The van der Waals surface area contributed by atoms with E-state index in [4.69, 9.17) is 0 Å². The van der Waals surface area contributed by atoms with E-state index in [1.54, 1.807) is 0 Å². The fourth-order valence-electron chi connectivity index (χ4n) is 1.55. The summed E-state index contributed by atoms with van der Waals surface area (Å²) in [6, 6.07) is 6.03. The van der Waals surface area contributed by atoms with Crippen molar-refractivity contribution in [3.05, 3.63) is 34.9 Å². The van der Waals surface area contributed by atoms with Crippen molar-refractivity contribution in [1.29, 1.82) is 0 Å². The second-order valence-electron chi connectivity index (χ2n) is 4.85. The first-order valence-electron chi connectivity index (χ1n) is 4.95. The maximum Gasteiger partial charge on any atom is 0.140 e. The quantitative estimate of drug-likeness (QED) is 0.678. The zero-order valence-electron chi connectivity index (χ0n) is 9.64. The maximum atomic E-state index is 12.2. The number of carbonyl (C=O) groups excluding carboxylic acids is 1. The lowest BCUT2D eigenvalue weighted by Crippen LogP contribution is -2.34. The fraction of sp³-hybridized carbons (Fsp3) is 0.417. The van der Waals surface area contributed by atoms with Crippen LogP contribution < -0.4 is 0 Å². The van der Waals surface area contributed by atoms with Gasteiger partial charge in [0, 0.05) is 5.56 Å². The highest BCUT2D eigenvalue weighted by Crippen LogP contribution is 2.19. The molecule has 1 aromatic rings. The number of hydrogen-bond donors (Lipinski definition) is 0. The van der Waals surface area contributed by atoms with Crippen LogP contribution in [0.25, 0.3) is 0 Å². The van der Waals surface area contributed by atoms with Gasteiger partial charge < -0.3 is 4.79 Å². The van der Waals surface area contributed by atoms with Gasteiger partial charge in [0.1, 0.15) is 13.5 Å². The Bertz CT molecular complexity index is 341. The number of rotatable bonds is 2. The molecule has 76 valence electrons. The third kappa shape index (κ3) is 2.12. The molecule has 0 N–H and O–H groups in total. The SMILES string of the molecule is Cc1cccc(C)c1C(=O)[Si](C)(C)C. The zero-order valence-corrected chi connectivity index (χ0v) is 10.6. The topological polar surface area (TPSA) is 17.1 Å². The highest BCUT2D eigenvalue weighted by Gasteiger charge is 2.27. The van der Waals surface area contributed by atoms with Crippen LogP contribution in [-0.2, 0) is 0 Å². The van der Waals surface area contributed by atoms with Crippen LogP contribution in [0, 0.1) is 13.8 Å². The van der Waals surface area contributed by atoms with Gasteiger partial charge in [-0.3, -0.25) is 0 Å². The minimum atomic E-state index is -1.70. The van der Waals surface area contributed by atoms with Crippen molar-refractivity contribution in [2.24, 2.45) is 0 Å². The zero-order chi connectivity index (χ0) is 10.9. The fourth-order valence-corrected chi connectivity index (χ4v) is 2.69. The molecule has 0 saturated carbocycles. The predicted molar refractivity (Wildman–Crippen MR) is 63.6 cm³/mol. The molecule has 1 aromatic carbocycles. The van der Waals surface area contributed by atoms with Gasteiger partial charge in [-0.25, -0.2) is 0 Å². The van der Waals surface area contributed by atoms with Crippen molar-refractivity contribution < 1.29 is 4.79 Å². The molecule has 14 heavy (non-hydrogen) atoms. The third-order valence-electron chi connectivity index (χ3n) is 2.39. The lowest BCUT2D eigenvalue weighted by atomic mass is 10.0. The monoisotopic (exact) mass is 206 g/mol. The first-order chi connectivity index (χ1) is 6.34. The van der Waals surface area contributed by atoms with Crippen molar-refractivity contribution in [3.8, 4) is 0 Å². The standard InChI is InChI=1S/C12H18OSi/c1-9-7-6-8-10(2)11(9)12(13)14(3,4)5/h6-8H,1-5H3. The van der Waals surface area contributed by atoms with Crippen LogP contribution in [0.4, 0.5) is 0 Å². The molecule has 0 fully saturated rings. The van der Waals surface area contributed by atoms with Crippen molar-refractivity contribution >= 4 is 13.5 Å². The van der Waals surface area contributed by atoms with E-state index in [0.717, 1.165) is 16.7 Å². The molecule has 0 unspecified atom stereocenters. The summed E-state index contributed by atoms with van der Waals surface area (Å²) in [6.07, 6.45) is 0. The highest BCUT2D eigenvalue weighted by atomic mass is 28.3. The molecule has 0 bridgehead atoms. The summed E-state index contributed by atoms with van der Waals surface area (Å²) in [6.45, 7) is 10.3. The average molecular weight is 206 g/mol. The van der Waals surface area contributed by atoms with Gasteiger partial charge in [0.15, 0.2) is 0 Å². The Morgan fingerprint density at radius 2 is 1.50 bits per heavy atom. The number of aryl methyl sites for hydroxylation is 2. The average Bonchev–Trinajstić information content (AvgIpc) is 2.01. The number of benzene rings is 1. The van der Waals surface area contributed by atoms with Crippen LogP contribution >= 0.6 is 0 Å². The van der Waals surface area contributed by atoms with Crippen molar-refractivity contribution in [2.45, 2.75) is 33.5 Å². The van der Waals surface area contributed by atoms with Gasteiger partial charge in [-0.15, -0.1) is 0 Å². The minimum Gasteiger partial charge on any atom is -0.300 e. The van der Waals surface area contributed by atoms with E-state index < -0.39 is 8.07 Å². The third-order valence-corrected chi connectivity index (χ3v) is 4.00. The van der Waals surface area contributed by atoms with Gasteiger partial charge >= 0.3 is 0 Å². The summed E-state index contributed by atoms with van der Waals surface area (Å²) in [7, 11) is -1.70. The smallest absolute Gasteiger partial charge is 0.140 e. The van der Waals surface area contributed by atoms with Crippen LogP contribution in [0.5, 0.6) is 0 Å². The van der Waals surface area contributed by atoms with Crippen molar-refractivity contribution in [3.63, 3.8) is 0 Å². The highest BCUT2D eigenvalue weighted by molar-refractivity contribution is 7.05. The molecule has 0 aliphatic heterocycles. The van der Waals surface area contributed by atoms with E-state index in [1.807, 2.05) is 32.0 Å². The molecule has 2 heteroatoms. The van der Waals surface area contributed by atoms with Crippen LogP contribution in [0.2, 0.25) is 19.6 Å². The van der Waals surface area contributed by atoms with Gasteiger partial charge in [0.05, 0.1) is 0 Å². The van der Waals surface area contributed by atoms with E-state index >= 15 is 0 Å². The van der Waals surface area contributed by atoms with Gasteiger partial charge in [-0.05, 0) is 25.0 Å². The Morgan fingerprint density at radius 1 is 1.07 bits per heavy atom. The Hall–Kier alpha value is -0.893. The molecular weight excluding hydrogens is 188 g/mol. The molecular formula is C12H18OSi. The summed E-state index contributed by atoms with van der Waals surface area (Å²) in [5, 5.41) is 0.369. The summed E-state index contributed by atoms with van der Waals surface area (Å²) < 4.78 is 0. The van der Waals surface area contributed by atoms with Crippen molar-refractivity contribution in [1.82, 2.24) is 0 Å². The van der Waals surface area contributed by atoms with E-state index in [9.17, 15) is 4.79 Å². The molecule has 1 nitrogen and oxygen atoms in total. The molecule has 0 aliphatic rings. The van der Waals surface area contributed by atoms with Gasteiger partial charge in [-0.1, -0.05) is 37.8 Å². The minimum absolute atomic E-state index is 0.369. The summed E-state index contributed by atoms with van der Waals surface area (Å²) in [4.78, 5) is 12.2. The lowest BCUT2D eigenvalue weighted by molar-refractivity contribution is 0.106. The Labute approximate surface area is 87.2 Å². The summed E-state index contributed by atoms with van der Waals surface area (Å²) in [5.41, 5.74) is 3.17. The number of carbonyl (C=O) groups is 1. The molecule has 0 saturated heterocycles. The van der Waals surface area contributed by atoms with Crippen LogP contribution in [0.3, 0.4) is 0 Å². The molecule has 0 radical (unpaired) electrons. The molecule has 1 rings (SSSR count). The Kier molecular flexibility index (Phi) is 2.95.